The SMILES string of the molecule is CCCCCCCCCNc1cnn(C)c1N1CCCC(C(F)(F)F)C1. The number of piperidine rings is 1. The van der Waals surface area contributed by atoms with Gasteiger partial charge in [0.15, 0.2) is 0 Å². The lowest BCUT2D eigenvalue weighted by Gasteiger charge is -2.35. The zero-order valence-corrected chi connectivity index (χ0v) is 16.1. The van der Waals surface area contributed by atoms with Crippen LogP contribution in [0.5, 0.6) is 0 Å². The first kappa shape index (κ1) is 20.9. The molecule has 1 aliphatic rings. The summed E-state index contributed by atoms with van der Waals surface area (Å²) in [7, 11) is 1.80. The second-order valence-electron chi connectivity index (χ2n) is 7.38. The Balaban J connectivity index is 1.82. The highest BCUT2D eigenvalue weighted by molar-refractivity contribution is 5.65. The van der Waals surface area contributed by atoms with Crippen molar-refractivity contribution in [3.8, 4) is 0 Å². The van der Waals surface area contributed by atoms with Crippen molar-refractivity contribution >= 4 is 11.5 Å². The van der Waals surface area contributed by atoms with E-state index in [1.807, 2.05) is 4.90 Å². The van der Waals surface area contributed by atoms with Crippen LogP contribution in [-0.2, 0) is 7.05 Å². The summed E-state index contributed by atoms with van der Waals surface area (Å²) < 4.78 is 41.0. The number of hydrogen-bond acceptors (Lipinski definition) is 3. The number of hydrogen-bond donors (Lipinski definition) is 1. The number of anilines is 2. The minimum Gasteiger partial charge on any atom is -0.381 e. The van der Waals surface area contributed by atoms with Crippen LogP contribution in [0.15, 0.2) is 6.20 Å². The van der Waals surface area contributed by atoms with E-state index >= 15 is 0 Å². The third kappa shape index (κ3) is 6.09. The number of alkyl halides is 3. The number of nitrogens with one attached hydrogen (secondary N) is 1. The molecule has 0 spiro atoms. The smallest absolute Gasteiger partial charge is 0.381 e. The summed E-state index contributed by atoms with van der Waals surface area (Å²) in [5.74, 6) is -0.469. The maximum absolute atomic E-state index is 13.1. The first-order valence-corrected chi connectivity index (χ1v) is 10.0. The second kappa shape index (κ2) is 10.1. The van der Waals surface area contributed by atoms with Gasteiger partial charge in [-0.1, -0.05) is 45.4 Å². The van der Waals surface area contributed by atoms with Gasteiger partial charge in [-0.15, -0.1) is 0 Å². The van der Waals surface area contributed by atoms with Crippen LogP contribution in [0.4, 0.5) is 24.7 Å². The molecular weight excluding hydrogens is 341 g/mol. The minimum atomic E-state index is -4.12. The highest BCUT2D eigenvalue weighted by Gasteiger charge is 2.42. The van der Waals surface area contributed by atoms with Crippen LogP contribution in [0.25, 0.3) is 0 Å². The number of rotatable bonds is 10. The monoisotopic (exact) mass is 374 g/mol. The summed E-state index contributed by atoms with van der Waals surface area (Å²) in [5, 5.41) is 7.64. The summed E-state index contributed by atoms with van der Waals surface area (Å²) in [6.45, 7) is 3.73. The Morgan fingerprint density at radius 3 is 2.54 bits per heavy atom. The molecule has 150 valence electrons. The van der Waals surface area contributed by atoms with E-state index in [2.05, 4.69) is 17.3 Å². The quantitative estimate of drug-likeness (QED) is 0.560. The molecule has 2 rings (SSSR count). The van der Waals surface area contributed by atoms with Gasteiger partial charge in [0.25, 0.3) is 0 Å². The molecule has 1 aromatic rings. The number of aryl methyl sites for hydroxylation is 1. The molecule has 26 heavy (non-hydrogen) atoms. The second-order valence-corrected chi connectivity index (χ2v) is 7.38. The molecule has 1 fully saturated rings. The first-order chi connectivity index (χ1) is 12.4. The normalized spacial score (nSPS) is 18.3. The Hall–Kier alpha value is -1.40. The van der Waals surface area contributed by atoms with Crippen molar-refractivity contribution in [2.24, 2.45) is 13.0 Å². The van der Waals surface area contributed by atoms with Crippen molar-refractivity contribution in [1.29, 1.82) is 0 Å². The van der Waals surface area contributed by atoms with Gasteiger partial charge in [-0.25, -0.2) is 0 Å². The maximum atomic E-state index is 13.1. The molecule has 1 atom stereocenters. The van der Waals surface area contributed by atoms with Crippen LogP contribution >= 0.6 is 0 Å². The fourth-order valence-corrected chi connectivity index (χ4v) is 3.67. The van der Waals surface area contributed by atoms with Gasteiger partial charge < -0.3 is 10.2 Å². The molecule has 7 heteroatoms. The van der Waals surface area contributed by atoms with E-state index in [-0.39, 0.29) is 13.0 Å². The summed E-state index contributed by atoms with van der Waals surface area (Å²) in [6.07, 6.45) is 7.08. The molecule has 4 nitrogen and oxygen atoms in total. The molecular formula is C19H33F3N4. The molecule has 0 aromatic carbocycles. The van der Waals surface area contributed by atoms with Crippen LogP contribution < -0.4 is 10.2 Å². The van der Waals surface area contributed by atoms with Crippen molar-refractivity contribution in [3.05, 3.63) is 6.20 Å². The number of aromatic nitrogens is 2. The summed E-state index contributed by atoms with van der Waals surface area (Å²) in [5.41, 5.74) is 0.848. The van der Waals surface area contributed by atoms with E-state index in [1.165, 1.54) is 38.5 Å². The van der Waals surface area contributed by atoms with Gasteiger partial charge in [0.2, 0.25) is 0 Å². The van der Waals surface area contributed by atoms with E-state index in [9.17, 15) is 13.2 Å². The zero-order valence-electron chi connectivity index (χ0n) is 16.1. The predicted molar refractivity (Wildman–Crippen MR) is 101 cm³/mol. The van der Waals surface area contributed by atoms with Crippen molar-refractivity contribution in [3.63, 3.8) is 0 Å². The fraction of sp³-hybridized carbons (Fsp3) is 0.842. The third-order valence-electron chi connectivity index (χ3n) is 5.19. The Labute approximate surface area is 155 Å². The topological polar surface area (TPSA) is 33.1 Å². The predicted octanol–water partition coefficient (Wildman–Crippen LogP) is 5.36. The molecule has 0 saturated carbocycles. The van der Waals surface area contributed by atoms with Gasteiger partial charge in [-0.05, 0) is 19.3 Å². The molecule has 1 saturated heterocycles. The van der Waals surface area contributed by atoms with Crippen molar-refractivity contribution in [2.75, 3.05) is 29.9 Å². The highest BCUT2D eigenvalue weighted by atomic mass is 19.4. The van der Waals surface area contributed by atoms with Crippen molar-refractivity contribution < 1.29 is 13.2 Å². The number of halogens is 3. The molecule has 1 aromatic heterocycles. The van der Waals surface area contributed by atoms with Gasteiger partial charge in [0.05, 0.1) is 17.8 Å². The Morgan fingerprint density at radius 2 is 1.85 bits per heavy atom. The molecule has 2 heterocycles. The van der Waals surface area contributed by atoms with E-state index in [0.717, 1.165) is 24.5 Å². The summed E-state index contributed by atoms with van der Waals surface area (Å²) in [6, 6.07) is 0. The lowest BCUT2D eigenvalue weighted by atomic mass is 9.97. The van der Waals surface area contributed by atoms with Crippen LogP contribution in [0.2, 0.25) is 0 Å². The average molecular weight is 374 g/mol. The van der Waals surface area contributed by atoms with Gasteiger partial charge in [-0.3, -0.25) is 4.68 Å². The fourth-order valence-electron chi connectivity index (χ4n) is 3.67. The molecule has 0 radical (unpaired) electrons. The average Bonchev–Trinajstić information content (AvgIpc) is 2.97. The summed E-state index contributed by atoms with van der Waals surface area (Å²) in [4.78, 5) is 1.84. The van der Waals surface area contributed by atoms with Gasteiger partial charge in [-0.2, -0.15) is 18.3 Å². The molecule has 0 aliphatic carbocycles. The molecule has 1 aliphatic heterocycles. The molecule has 0 amide bonds. The maximum Gasteiger partial charge on any atom is 0.393 e. The van der Waals surface area contributed by atoms with Gasteiger partial charge >= 0.3 is 6.18 Å². The van der Waals surface area contributed by atoms with Crippen LogP contribution in [0.1, 0.15) is 64.7 Å². The highest BCUT2D eigenvalue weighted by Crippen LogP contribution is 2.36. The first-order valence-electron chi connectivity index (χ1n) is 10.0. The number of nitrogens with zero attached hydrogens (tertiary/aromatic N) is 3. The van der Waals surface area contributed by atoms with Crippen LogP contribution in [-0.4, -0.2) is 35.6 Å². The van der Waals surface area contributed by atoms with E-state index in [0.29, 0.717) is 13.0 Å². The molecule has 1 N–H and O–H groups in total. The van der Waals surface area contributed by atoms with Crippen molar-refractivity contribution in [2.45, 2.75) is 70.9 Å². The number of unbranched alkanes of at least 4 members (excludes halogenated alkanes) is 6. The van der Waals surface area contributed by atoms with Crippen molar-refractivity contribution in [1.82, 2.24) is 9.78 Å². The Morgan fingerprint density at radius 1 is 1.15 bits per heavy atom. The van der Waals surface area contributed by atoms with Gasteiger partial charge in [0.1, 0.15) is 5.82 Å². The zero-order chi connectivity index (χ0) is 19.0. The Kier molecular flexibility index (Phi) is 8.10. The van der Waals surface area contributed by atoms with E-state index in [4.69, 9.17) is 0 Å². The third-order valence-corrected chi connectivity index (χ3v) is 5.19. The summed E-state index contributed by atoms with van der Waals surface area (Å²) >= 11 is 0. The largest absolute Gasteiger partial charge is 0.393 e. The molecule has 0 bridgehead atoms. The van der Waals surface area contributed by atoms with Gasteiger partial charge in [0, 0.05) is 26.7 Å². The molecule has 1 unspecified atom stereocenters. The van der Waals surface area contributed by atoms with E-state index < -0.39 is 12.1 Å². The Bertz CT molecular complexity index is 527. The van der Waals surface area contributed by atoms with Crippen LogP contribution in [0, 0.1) is 5.92 Å². The minimum absolute atomic E-state index is 0.0230. The lowest BCUT2D eigenvalue weighted by Crippen LogP contribution is -2.42. The standard InChI is InChI=1S/C19H33F3N4/c1-3-4-5-6-7-8-9-12-23-17-14-24-25(2)18(17)26-13-10-11-16(15-26)19(20,21)22/h14,16,23H,3-13,15H2,1-2H3. The van der Waals surface area contributed by atoms with E-state index in [1.54, 1.807) is 17.9 Å². The lowest BCUT2D eigenvalue weighted by molar-refractivity contribution is -0.176. The van der Waals surface area contributed by atoms with Crippen LogP contribution in [0.3, 0.4) is 0 Å².